The maximum absolute atomic E-state index is 9.12. The van der Waals surface area contributed by atoms with Crippen LogP contribution in [0.5, 0.6) is 5.75 Å². The number of aliphatic hydroxyl groups excluding tert-OH is 1. The van der Waals surface area contributed by atoms with E-state index >= 15 is 0 Å². The summed E-state index contributed by atoms with van der Waals surface area (Å²) >= 11 is 0. The van der Waals surface area contributed by atoms with E-state index in [1.54, 1.807) is 0 Å². The van der Waals surface area contributed by atoms with Crippen LogP contribution in [0, 0.1) is 20.8 Å². The van der Waals surface area contributed by atoms with Gasteiger partial charge in [0.2, 0.25) is 0 Å². The number of hydrogen-bond donors (Lipinski definition) is 1. The quantitative estimate of drug-likeness (QED) is 0.764. The molecule has 1 N–H and O–H groups in total. The smallest absolute Gasteiger partial charge is 0.126 e. The summed E-state index contributed by atoms with van der Waals surface area (Å²) in [5, 5.41) is 9.12. The maximum atomic E-state index is 9.12. The van der Waals surface area contributed by atoms with E-state index in [9.17, 15) is 0 Å². The van der Waals surface area contributed by atoms with Crippen molar-refractivity contribution in [3.05, 3.63) is 28.3 Å². The first-order valence-corrected chi connectivity index (χ1v) is 5.50. The van der Waals surface area contributed by atoms with Crippen molar-refractivity contribution in [2.75, 3.05) is 6.61 Å². The molecule has 2 heteroatoms. The minimum absolute atomic E-state index is 0.0163. The van der Waals surface area contributed by atoms with Crippen LogP contribution in [0.25, 0.3) is 0 Å². The number of ether oxygens (including phenoxy) is 1. The molecule has 1 aliphatic rings. The highest BCUT2D eigenvalue weighted by atomic mass is 16.5. The van der Waals surface area contributed by atoms with E-state index < -0.39 is 0 Å². The molecule has 82 valence electrons. The van der Waals surface area contributed by atoms with E-state index in [0.717, 1.165) is 18.6 Å². The molecule has 0 spiro atoms. The van der Waals surface area contributed by atoms with Crippen LogP contribution in [0.15, 0.2) is 6.07 Å². The van der Waals surface area contributed by atoms with Gasteiger partial charge in [-0.05, 0) is 55.9 Å². The van der Waals surface area contributed by atoms with Crippen LogP contribution < -0.4 is 4.74 Å². The van der Waals surface area contributed by atoms with Gasteiger partial charge in [-0.3, -0.25) is 0 Å². The van der Waals surface area contributed by atoms with Gasteiger partial charge in [-0.25, -0.2) is 0 Å². The van der Waals surface area contributed by atoms with Crippen molar-refractivity contribution in [2.24, 2.45) is 0 Å². The molecule has 1 atom stereocenters. The first-order valence-electron chi connectivity index (χ1n) is 5.50. The van der Waals surface area contributed by atoms with Crippen LogP contribution in [0.3, 0.4) is 0 Å². The molecule has 0 saturated heterocycles. The maximum Gasteiger partial charge on any atom is 0.126 e. The first-order chi connectivity index (χ1) is 7.13. The zero-order chi connectivity index (χ0) is 11.0. The third-order valence-corrected chi connectivity index (χ3v) is 3.32. The van der Waals surface area contributed by atoms with Gasteiger partial charge in [0.15, 0.2) is 0 Å². The average molecular weight is 206 g/mol. The Morgan fingerprint density at radius 2 is 2.07 bits per heavy atom. The summed E-state index contributed by atoms with van der Waals surface area (Å²) in [4.78, 5) is 0. The van der Waals surface area contributed by atoms with Gasteiger partial charge < -0.3 is 9.84 Å². The highest BCUT2D eigenvalue weighted by molar-refractivity contribution is 5.50. The predicted octanol–water partition coefficient (Wildman–Crippen LogP) is 2.30. The molecule has 2 rings (SSSR count). The fourth-order valence-electron chi connectivity index (χ4n) is 2.23. The summed E-state index contributed by atoms with van der Waals surface area (Å²) in [6.07, 6.45) is 1.93. The van der Waals surface area contributed by atoms with Gasteiger partial charge in [0.05, 0.1) is 6.61 Å². The normalized spacial score (nSPS) is 19.6. The van der Waals surface area contributed by atoms with Crippen LogP contribution in [0.2, 0.25) is 0 Å². The van der Waals surface area contributed by atoms with E-state index in [1.165, 1.54) is 22.3 Å². The van der Waals surface area contributed by atoms with E-state index in [0.29, 0.717) is 0 Å². The number of fused-ring (bicyclic) bond motifs is 1. The molecule has 0 aliphatic carbocycles. The van der Waals surface area contributed by atoms with Crippen molar-refractivity contribution in [1.29, 1.82) is 0 Å². The first kappa shape index (κ1) is 10.5. The summed E-state index contributed by atoms with van der Waals surface area (Å²) in [5.74, 6) is 1.01. The highest BCUT2D eigenvalue weighted by Crippen LogP contribution is 2.35. The number of hydrogen-bond acceptors (Lipinski definition) is 2. The molecule has 15 heavy (non-hydrogen) atoms. The molecule has 1 aliphatic heterocycles. The largest absolute Gasteiger partial charge is 0.487 e. The minimum atomic E-state index is -0.0163. The fourth-order valence-corrected chi connectivity index (χ4v) is 2.23. The van der Waals surface area contributed by atoms with Gasteiger partial charge in [-0.15, -0.1) is 0 Å². The standard InChI is InChI=1S/C13H18O2/c1-8-6-9(2)12-5-4-11(7-14)15-13(12)10(8)3/h6,11,14H,4-5,7H2,1-3H3. The molecule has 1 aromatic rings. The summed E-state index contributed by atoms with van der Waals surface area (Å²) in [5.41, 5.74) is 5.12. The molecule has 1 unspecified atom stereocenters. The van der Waals surface area contributed by atoms with E-state index in [-0.39, 0.29) is 12.7 Å². The molecule has 0 bridgehead atoms. The van der Waals surface area contributed by atoms with Crippen molar-refractivity contribution in [1.82, 2.24) is 0 Å². The molecule has 0 aromatic heterocycles. The van der Waals surface area contributed by atoms with Crippen molar-refractivity contribution in [2.45, 2.75) is 39.7 Å². The lowest BCUT2D eigenvalue weighted by Gasteiger charge is -2.28. The van der Waals surface area contributed by atoms with Gasteiger partial charge in [0.1, 0.15) is 11.9 Å². The van der Waals surface area contributed by atoms with Gasteiger partial charge in [0.25, 0.3) is 0 Å². The average Bonchev–Trinajstić information content (AvgIpc) is 2.25. The molecular formula is C13H18O2. The molecule has 0 radical (unpaired) electrons. The summed E-state index contributed by atoms with van der Waals surface area (Å²) in [6.45, 7) is 6.45. The molecule has 1 heterocycles. The Hall–Kier alpha value is -1.02. The fraction of sp³-hybridized carbons (Fsp3) is 0.538. The number of rotatable bonds is 1. The van der Waals surface area contributed by atoms with Crippen molar-refractivity contribution in [3.8, 4) is 5.75 Å². The van der Waals surface area contributed by atoms with Crippen molar-refractivity contribution in [3.63, 3.8) is 0 Å². The number of aliphatic hydroxyl groups is 1. The minimum Gasteiger partial charge on any atom is -0.487 e. The second kappa shape index (κ2) is 3.86. The van der Waals surface area contributed by atoms with E-state index in [1.807, 2.05) is 0 Å². The van der Waals surface area contributed by atoms with Crippen molar-refractivity contribution < 1.29 is 9.84 Å². The third kappa shape index (κ3) is 1.74. The van der Waals surface area contributed by atoms with E-state index in [4.69, 9.17) is 9.84 Å². The van der Waals surface area contributed by atoms with Gasteiger partial charge >= 0.3 is 0 Å². The second-order valence-electron chi connectivity index (χ2n) is 4.40. The highest BCUT2D eigenvalue weighted by Gasteiger charge is 2.22. The molecule has 0 amide bonds. The second-order valence-corrected chi connectivity index (χ2v) is 4.40. The summed E-state index contributed by atoms with van der Waals surface area (Å²) in [6, 6.07) is 2.22. The molecular weight excluding hydrogens is 188 g/mol. The lowest BCUT2D eigenvalue weighted by atomic mass is 9.93. The number of benzene rings is 1. The topological polar surface area (TPSA) is 29.5 Å². The van der Waals surface area contributed by atoms with E-state index in [2.05, 4.69) is 26.8 Å². The summed E-state index contributed by atoms with van der Waals surface area (Å²) < 4.78 is 5.82. The zero-order valence-corrected chi connectivity index (χ0v) is 9.63. The lowest BCUT2D eigenvalue weighted by Crippen LogP contribution is -2.27. The zero-order valence-electron chi connectivity index (χ0n) is 9.63. The van der Waals surface area contributed by atoms with Gasteiger partial charge in [-0.1, -0.05) is 6.07 Å². The Bertz CT molecular complexity index is 383. The Balaban J connectivity index is 2.48. The third-order valence-electron chi connectivity index (χ3n) is 3.32. The van der Waals surface area contributed by atoms with Crippen LogP contribution >= 0.6 is 0 Å². The molecule has 0 fully saturated rings. The SMILES string of the molecule is Cc1cc(C)c2c(c1C)OC(CO)CC2. The molecule has 1 aromatic carbocycles. The Morgan fingerprint density at radius 3 is 2.73 bits per heavy atom. The van der Waals surface area contributed by atoms with Gasteiger partial charge in [0, 0.05) is 0 Å². The van der Waals surface area contributed by atoms with Crippen LogP contribution in [0.1, 0.15) is 28.7 Å². The van der Waals surface area contributed by atoms with Gasteiger partial charge in [-0.2, -0.15) is 0 Å². The molecule has 0 saturated carbocycles. The Kier molecular flexibility index (Phi) is 2.70. The van der Waals surface area contributed by atoms with Crippen LogP contribution in [-0.2, 0) is 6.42 Å². The molecule has 2 nitrogen and oxygen atoms in total. The van der Waals surface area contributed by atoms with Crippen LogP contribution in [0.4, 0.5) is 0 Å². The van der Waals surface area contributed by atoms with Crippen LogP contribution in [-0.4, -0.2) is 17.8 Å². The van der Waals surface area contributed by atoms with Crippen molar-refractivity contribution >= 4 is 0 Å². The Morgan fingerprint density at radius 1 is 1.33 bits per heavy atom. The predicted molar refractivity (Wildman–Crippen MR) is 60.5 cm³/mol. The Labute approximate surface area is 90.9 Å². The number of aryl methyl sites for hydroxylation is 2. The summed E-state index contributed by atoms with van der Waals surface area (Å²) in [7, 11) is 0. The lowest BCUT2D eigenvalue weighted by molar-refractivity contribution is 0.0968. The monoisotopic (exact) mass is 206 g/mol.